The molecule has 0 aliphatic carbocycles. The van der Waals surface area contributed by atoms with Crippen LogP contribution in [0.1, 0.15) is 52.4 Å². The van der Waals surface area contributed by atoms with Gasteiger partial charge in [0.15, 0.2) is 0 Å². The van der Waals surface area contributed by atoms with Crippen LogP contribution in [-0.4, -0.2) is 29.6 Å². The molecule has 0 fully saturated rings. The molecular weight excluding hydrogens is 232 g/mol. The number of carbonyl (C=O) groups is 2. The summed E-state index contributed by atoms with van der Waals surface area (Å²) in [5, 5.41) is 11.6. The number of hydrogen-bond acceptors (Lipinski definition) is 3. The van der Waals surface area contributed by atoms with E-state index < -0.39 is 12.0 Å². The van der Waals surface area contributed by atoms with E-state index >= 15 is 0 Å². The molecule has 0 aromatic heterocycles. The van der Waals surface area contributed by atoms with Crippen molar-refractivity contribution in [1.82, 2.24) is 5.32 Å². The lowest BCUT2D eigenvalue weighted by Gasteiger charge is -2.20. The third-order valence-corrected chi connectivity index (χ3v) is 3.15. The molecule has 106 valence electrons. The van der Waals surface area contributed by atoms with Crippen molar-refractivity contribution in [3.05, 3.63) is 0 Å². The van der Waals surface area contributed by atoms with Crippen molar-refractivity contribution in [2.24, 2.45) is 11.7 Å². The largest absolute Gasteiger partial charge is 0.480 e. The van der Waals surface area contributed by atoms with Crippen LogP contribution in [0.4, 0.5) is 0 Å². The summed E-state index contributed by atoms with van der Waals surface area (Å²) in [6, 6.07) is -0.772. The van der Waals surface area contributed by atoms with Gasteiger partial charge in [-0.15, -0.1) is 0 Å². The molecule has 0 unspecified atom stereocenters. The zero-order chi connectivity index (χ0) is 14.0. The van der Waals surface area contributed by atoms with E-state index in [9.17, 15) is 9.59 Å². The number of carboxylic acid groups (broad SMARTS) is 1. The highest BCUT2D eigenvalue weighted by Crippen LogP contribution is 2.09. The van der Waals surface area contributed by atoms with E-state index in [0.29, 0.717) is 13.0 Å². The minimum Gasteiger partial charge on any atom is -0.480 e. The van der Waals surface area contributed by atoms with E-state index in [0.717, 1.165) is 32.1 Å². The Balaban J connectivity index is 3.92. The number of nitrogens with one attached hydrogen (secondary N) is 1. The van der Waals surface area contributed by atoms with Crippen LogP contribution < -0.4 is 11.1 Å². The van der Waals surface area contributed by atoms with E-state index in [4.69, 9.17) is 10.8 Å². The van der Waals surface area contributed by atoms with Crippen molar-refractivity contribution < 1.29 is 14.7 Å². The smallest absolute Gasteiger partial charge is 0.326 e. The second-order valence-corrected chi connectivity index (χ2v) is 4.72. The van der Waals surface area contributed by atoms with Gasteiger partial charge in [0.1, 0.15) is 6.04 Å². The molecule has 2 atom stereocenters. The van der Waals surface area contributed by atoms with Gasteiger partial charge >= 0.3 is 5.97 Å². The molecule has 0 aromatic rings. The summed E-state index contributed by atoms with van der Waals surface area (Å²) in [6.07, 6.45) is 4.88. The molecule has 0 saturated heterocycles. The van der Waals surface area contributed by atoms with Crippen molar-refractivity contribution >= 4 is 11.9 Å². The standard InChI is InChI=1S/C13H26N2O3/c1-3-10(2)12(13(17)18)15-11(16)8-6-4-5-7-9-14/h10,12H,3-9,14H2,1-2H3,(H,15,16)(H,17,18)/t10-,12-/m0/s1. The average molecular weight is 258 g/mol. The first kappa shape index (κ1) is 16.9. The van der Waals surface area contributed by atoms with Crippen molar-refractivity contribution in [2.75, 3.05) is 6.54 Å². The van der Waals surface area contributed by atoms with Crippen LogP contribution in [0.2, 0.25) is 0 Å². The number of aliphatic carboxylic acids is 1. The SMILES string of the molecule is CC[C@H](C)[C@H](NC(=O)CCCCCCN)C(=O)O. The van der Waals surface area contributed by atoms with Gasteiger partial charge in [0.2, 0.25) is 5.91 Å². The molecule has 0 saturated carbocycles. The zero-order valence-electron chi connectivity index (χ0n) is 11.4. The molecule has 0 rings (SSSR count). The number of carbonyl (C=O) groups excluding carboxylic acids is 1. The number of unbranched alkanes of at least 4 members (excludes halogenated alkanes) is 3. The minimum absolute atomic E-state index is 0.0521. The average Bonchev–Trinajstić information content (AvgIpc) is 2.34. The molecule has 1 amide bonds. The number of amides is 1. The number of carboxylic acids is 1. The number of rotatable bonds is 10. The first-order chi connectivity index (χ1) is 8.52. The predicted molar refractivity (Wildman–Crippen MR) is 71.2 cm³/mol. The van der Waals surface area contributed by atoms with Gasteiger partial charge in [-0.25, -0.2) is 4.79 Å². The lowest BCUT2D eigenvalue weighted by Crippen LogP contribution is -2.44. The fourth-order valence-electron chi connectivity index (χ4n) is 1.71. The van der Waals surface area contributed by atoms with Gasteiger partial charge in [-0.1, -0.05) is 33.1 Å². The fraction of sp³-hybridized carbons (Fsp3) is 0.846. The third-order valence-electron chi connectivity index (χ3n) is 3.15. The highest BCUT2D eigenvalue weighted by molar-refractivity contribution is 5.83. The predicted octanol–water partition coefficient (Wildman–Crippen LogP) is 1.51. The quantitative estimate of drug-likeness (QED) is 0.518. The summed E-state index contributed by atoms with van der Waals surface area (Å²) in [5.74, 6) is -1.18. The fourth-order valence-corrected chi connectivity index (χ4v) is 1.71. The molecule has 18 heavy (non-hydrogen) atoms. The Morgan fingerprint density at radius 2 is 1.83 bits per heavy atom. The van der Waals surface area contributed by atoms with Gasteiger partial charge in [0.05, 0.1) is 0 Å². The second-order valence-electron chi connectivity index (χ2n) is 4.72. The van der Waals surface area contributed by atoms with Gasteiger partial charge < -0.3 is 16.2 Å². The van der Waals surface area contributed by atoms with Crippen LogP contribution in [0.5, 0.6) is 0 Å². The van der Waals surface area contributed by atoms with Gasteiger partial charge in [-0.2, -0.15) is 0 Å². The van der Waals surface area contributed by atoms with E-state index in [-0.39, 0.29) is 11.8 Å². The first-order valence-electron chi connectivity index (χ1n) is 6.75. The van der Waals surface area contributed by atoms with Crippen molar-refractivity contribution in [1.29, 1.82) is 0 Å². The summed E-state index contributed by atoms with van der Waals surface area (Å²) in [7, 11) is 0. The lowest BCUT2D eigenvalue weighted by molar-refractivity contribution is -0.143. The molecule has 0 aromatic carbocycles. The summed E-state index contributed by atoms with van der Waals surface area (Å²) in [5.41, 5.74) is 5.37. The molecule has 0 aliphatic heterocycles. The maximum Gasteiger partial charge on any atom is 0.326 e. The Hall–Kier alpha value is -1.10. The van der Waals surface area contributed by atoms with Crippen LogP contribution in [0.15, 0.2) is 0 Å². The van der Waals surface area contributed by atoms with Crippen LogP contribution in [0, 0.1) is 5.92 Å². The maximum atomic E-state index is 11.6. The Labute approximate surface area is 109 Å². The second kappa shape index (κ2) is 9.88. The Morgan fingerprint density at radius 3 is 2.33 bits per heavy atom. The first-order valence-corrected chi connectivity index (χ1v) is 6.75. The monoisotopic (exact) mass is 258 g/mol. The lowest BCUT2D eigenvalue weighted by atomic mass is 9.99. The molecule has 5 nitrogen and oxygen atoms in total. The molecule has 0 heterocycles. The van der Waals surface area contributed by atoms with Crippen LogP contribution >= 0.6 is 0 Å². The number of nitrogens with two attached hydrogens (primary N) is 1. The molecule has 0 bridgehead atoms. The van der Waals surface area contributed by atoms with Gasteiger partial charge in [-0.05, 0) is 25.3 Å². The van der Waals surface area contributed by atoms with Gasteiger partial charge in [0.25, 0.3) is 0 Å². The molecule has 0 aliphatic rings. The minimum atomic E-state index is -0.958. The molecule has 0 radical (unpaired) electrons. The summed E-state index contributed by atoms with van der Waals surface area (Å²) in [6.45, 7) is 4.43. The normalized spacial score (nSPS) is 13.9. The Morgan fingerprint density at radius 1 is 1.22 bits per heavy atom. The zero-order valence-corrected chi connectivity index (χ0v) is 11.4. The third kappa shape index (κ3) is 7.27. The van der Waals surface area contributed by atoms with Gasteiger partial charge in [-0.3, -0.25) is 4.79 Å². The molecule has 4 N–H and O–H groups in total. The van der Waals surface area contributed by atoms with E-state index in [1.807, 2.05) is 13.8 Å². The van der Waals surface area contributed by atoms with Crippen LogP contribution in [-0.2, 0) is 9.59 Å². The molecule has 0 spiro atoms. The molecular formula is C13H26N2O3. The summed E-state index contributed by atoms with van der Waals surface area (Å²) < 4.78 is 0. The van der Waals surface area contributed by atoms with E-state index in [2.05, 4.69) is 5.32 Å². The van der Waals surface area contributed by atoms with Crippen molar-refractivity contribution in [2.45, 2.75) is 58.4 Å². The summed E-state index contributed by atoms with van der Waals surface area (Å²) >= 11 is 0. The van der Waals surface area contributed by atoms with E-state index in [1.54, 1.807) is 0 Å². The van der Waals surface area contributed by atoms with Crippen LogP contribution in [0.25, 0.3) is 0 Å². The highest BCUT2D eigenvalue weighted by atomic mass is 16.4. The summed E-state index contributed by atoms with van der Waals surface area (Å²) in [4.78, 5) is 22.6. The van der Waals surface area contributed by atoms with Crippen LogP contribution in [0.3, 0.4) is 0 Å². The van der Waals surface area contributed by atoms with Crippen molar-refractivity contribution in [3.63, 3.8) is 0 Å². The Kier molecular flexibility index (Phi) is 9.28. The van der Waals surface area contributed by atoms with Crippen molar-refractivity contribution in [3.8, 4) is 0 Å². The van der Waals surface area contributed by atoms with E-state index in [1.165, 1.54) is 0 Å². The van der Waals surface area contributed by atoms with Gasteiger partial charge in [0, 0.05) is 6.42 Å². The number of hydrogen-bond donors (Lipinski definition) is 3. The highest BCUT2D eigenvalue weighted by Gasteiger charge is 2.24. The topological polar surface area (TPSA) is 92.4 Å². The maximum absolute atomic E-state index is 11.6. The Bertz CT molecular complexity index is 257. The molecule has 5 heteroatoms.